The Kier molecular flexibility index (Phi) is 4.63. The van der Waals surface area contributed by atoms with Crippen molar-refractivity contribution in [2.24, 2.45) is 5.84 Å². The monoisotopic (exact) mass is 192 g/mol. The summed E-state index contributed by atoms with van der Waals surface area (Å²) < 4.78 is 0. The van der Waals surface area contributed by atoms with Gasteiger partial charge in [-0.05, 0) is 24.0 Å². The molecule has 0 aliphatic carbocycles. The first-order valence-electron chi connectivity index (χ1n) is 5.37. The molecule has 0 amide bonds. The first-order chi connectivity index (χ1) is 6.83. The van der Waals surface area contributed by atoms with E-state index in [0.717, 1.165) is 19.3 Å². The van der Waals surface area contributed by atoms with Gasteiger partial charge >= 0.3 is 0 Å². The standard InChI is InChI=1S/C12H20N2/c1-3-7-12(14-13)11-9-6-5-8-10(11)4-2/h5-6,8-9,12,14H,3-4,7,13H2,1-2H3. The average Bonchev–Trinajstić information content (AvgIpc) is 2.26. The minimum absolute atomic E-state index is 0.302. The summed E-state index contributed by atoms with van der Waals surface area (Å²) in [7, 11) is 0. The van der Waals surface area contributed by atoms with Crippen LogP contribution in [0.4, 0.5) is 0 Å². The van der Waals surface area contributed by atoms with Gasteiger partial charge in [0.1, 0.15) is 0 Å². The molecule has 0 aliphatic heterocycles. The Balaban J connectivity index is 2.90. The molecule has 0 saturated heterocycles. The van der Waals surface area contributed by atoms with E-state index in [0.29, 0.717) is 6.04 Å². The van der Waals surface area contributed by atoms with Gasteiger partial charge in [0.25, 0.3) is 0 Å². The van der Waals surface area contributed by atoms with Crippen LogP contribution in [0, 0.1) is 0 Å². The van der Waals surface area contributed by atoms with Crippen molar-refractivity contribution in [3.05, 3.63) is 35.4 Å². The maximum atomic E-state index is 5.56. The lowest BCUT2D eigenvalue weighted by Gasteiger charge is -2.18. The smallest absolute Gasteiger partial charge is 0.0462 e. The topological polar surface area (TPSA) is 38.0 Å². The highest BCUT2D eigenvalue weighted by Gasteiger charge is 2.10. The molecule has 3 N–H and O–H groups in total. The summed E-state index contributed by atoms with van der Waals surface area (Å²) in [6.45, 7) is 4.36. The molecule has 1 rings (SSSR count). The number of hydrazine groups is 1. The van der Waals surface area contributed by atoms with Gasteiger partial charge in [0.15, 0.2) is 0 Å². The quantitative estimate of drug-likeness (QED) is 0.556. The van der Waals surface area contributed by atoms with Crippen LogP contribution >= 0.6 is 0 Å². The molecular formula is C12H20N2. The maximum Gasteiger partial charge on any atom is 0.0462 e. The predicted octanol–water partition coefficient (Wildman–Crippen LogP) is 2.55. The van der Waals surface area contributed by atoms with Gasteiger partial charge in [-0.3, -0.25) is 11.3 Å². The number of rotatable bonds is 5. The van der Waals surface area contributed by atoms with E-state index >= 15 is 0 Å². The van der Waals surface area contributed by atoms with Crippen LogP contribution in [-0.2, 0) is 6.42 Å². The van der Waals surface area contributed by atoms with Crippen LogP contribution in [-0.4, -0.2) is 0 Å². The van der Waals surface area contributed by atoms with Crippen molar-refractivity contribution >= 4 is 0 Å². The van der Waals surface area contributed by atoms with Crippen molar-refractivity contribution in [1.82, 2.24) is 5.43 Å². The minimum Gasteiger partial charge on any atom is -0.271 e. The van der Waals surface area contributed by atoms with E-state index in [1.54, 1.807) is 0 Å². The number of nitrogens with one attached hydrogen (secondary N) is 1. The van der Waals surface area contributed by atoms with Crippen LogP contribution < -0.4 is 11.3 Å². The highest BCUT2D eigenvalue weighted by molar-refractivity contribution is 5.29. The van der Waals surface area contributed by atoms with Crippen molar-refractivity contribution in [2.75, 3.05) is 0 Å². The molecule has 0 aromatic heterocycles. The van der Waals surface area contributed by atoms with E-state index in [9.17, 15) is 0 Å². The molecular weight excluding hydrogens is 172 g/mol. The third-order valence-corrected chi connectivity index (χ3v) is 2.59. The fourth-order valence-corrected chi connectivity index (χ4v) is 1.81. The molecule has 0 bridgehead atoms. The Bertz CT molecular complexity index is 271. The lowest BCUT2D eigenvalue weighted by molar-refractivity contribution is 0.507. The van der Waals surface area contributed by atoms with Crippen LogP contribution in [0.2, 0.25) is 0 Å². The minimum atomic E-state index is 0.302. The van der Waals surface area contributed by atoms with Gasteiger partial charge in [-0.15, -0.1) is 0 Å². The number of nitrogens with two attached hydrogens (primary N) is 1. The number of hydrogen-bond acceptors (Lipinski definition) is 2. The van der Waals surface area contributed by atoms with Gasteiger partial charge in [0.05, 0.1) is 0 Å². The van der Waals surface area contributed by atoms with Crippen molar-refractivity contribution in [1.29, 1.82) is 0 Å². The molecule has 14 heavy (non-hydrogen) atoms. The van der Waals surface area contributed by atoms with E-state index in [2.05, 4.69) is 43.5 Å². The SMILES string of the molecule is CCCC(NN)c1ccccc1CC. The number of hydrogen-bond donors (Lipinski definition) is 2. The number of benzene rings is 1. The summed E-state index contributed by atoms with van der Waals surface area (Å²) in [6.07, 6.45) is 3.30. The fraction of sp³-hybridized carbons (Fsp3) is 0.500. The Hall–Kier alpha value is -0.860. The molecule has 1 aromatic carbocycles. The molecule has 0 radical (unpaired) electrons. The molecule has 1 unspecified atom stereocenters. The molecule has 0 saturated carbocycles. The summed E-state index contributed by atoms with van der Waals surface area (Å²) in [5.74, 6) is 5.56. The Morgan fingerprint density at radius 2 is 2.00 bits per heavy atom. The molecule has 0 aliphatic rings. The molecule has 2 nitrogen and oxygen atoms in total. The average molecular weight is 192 g/mol. The zero-order valence-corrected chi connectivity index (χ0v) is 9.09. The molecule has 1 atom stereocenters. The van der Waals surface area contributed by atoms with Crippen LogP contribution in [0.25, 0.3) is 0 Å². The van der Waals surface area contributed by atoms with Crippen molar-refractivity contribution in [2.45, 2.75) is 39.2 Å². The van der Waals surface area contributed by atoms with E-state index in [1.165, 1.54) is 11.1 Å². The second-order valence-electron chi connectivity index (χ2n) is 3.56. The largest absolute Gasteiger partial charge is 0.271 e. The van der Waals surface area contributed by atoms with Crippen LogP contribution in [0.15, 0.2) is 24.3 Å². The molecule has 2 heteroatoms. The van der Waals surface area contributed by atoms with Gasteiger partial charge in [-0.25, -0.2) is 0 Å². The van der Waals surface area contributed by atoms with Crippen LogP contribution in [0.3, 0.4) is 0 Å². The Morgan fingerprint density at radius 1 is 1.29 bits per heavy atom. The summed E-state index contributed by atoms with van der Waals surface area (Å²) >= 11 is 0. The van der Waals surface area contributed by atoms with Crippen molar-refractivity contribution in [3.8, 4) is 0 Å². The van der Waals surface area contributed by atoms with E-state index in [4.69, 9.17) is 5.84 Å². The van der Waals surface area contributed by atoms with E-state index in [-0.39, 0.29) is 0 Å². The second-order valence-corrected chi connectivity index (χ2v) is 3.56. The number of aryl methyl sites for hydroxylation is 1. The zero-order chi connectivity index (χ0) is 10.4. The van der Waals surface area contributed by atoms with Gasteiger partial charge in [0.2, 0.25) is 0 Å². The zero-order valence-electron chi connectivity index (χ0n) is 9.09. The van der Waals surface area contributed by atoms with Gasteiger partial charge < -0.3 is 0 Å². The van der Waals surface area contributed by atoms with Gasteiger partial charge in [0, 0.05) is 6.04 Å². The second kappa shape index (κ2) is 5.78. The third-order valence-electron chi connectivity index (χ3n) is 2.59. The molecule has 0 heterocycles. The molecule has 1 aromatic rings. The van der Waals surface area contributed by atoms with Crippen molar-refractivity contribution < 1.29 is 0 Å². The fourth-order valence-electron chi connectivity index (χ4n) is 1.81. The highest BCUT2D eigenvalue weighted by Crippen LogP contribution is 2.21. The third kappa shape index (κ3) is 2.56. The van der Waals surface area contributed by atoms with E-state index in [1.807, 2.05) is 0 Å². The summed E-state index contributed by atoms with van der Waals surface area (Å²) in [6, 6.07) is 8.81. The van der Waals surface area contributed by atoms with E-state index < -0.39 is 0 Å². The summed E-state index contributed by atoms with van der Waals surface area (Å²) in [5.41, 5.74) is 5.63. The highest BCUT2D eigenvalue weighted by atomic mass is 15.2. The molecule has 78 valence electrons. The van der Waals surface area contributed by atoms with Crippen LogP contribution in [0.5, 0.6) is 0 Å². The maximum absolute atomic E-state index is 5.56. The normalized spacial score (nSPS) is 12.8. The predicted molar refractivity (Wildman–Crippen MR) is 60.8 cm³/mol. The van der Waals surface area contributed by atoms with Gasteiger partial charge in [-0.1, -0.05) is 44.5 Å². The molecule has 0 spiro atoms. The van der Waals surface area contributed by atoms with Crippen molar-refractivity contribution in [3.63, 3.8) is 0 Å². The molecule has 0 fully saturated rings. The first kappa shape index (κ1) is 11.2. The first-order valence-corrected chi connectivity index (χ1v) is 5.37. The lowest BCUT2D eigenvalue weighted by atomic mass is 9.96. The lowest BCUT2D eigenvalue weighted by Crippen LogP contribution is -2.28. The Labute approximate surface area is 86.5 Å². The van der Waals surface area contributed by atoms with Gasteiger partial charge in [-0.2, -0.15) is 0 Å². The van der Waals surface area contributed by atoms with Crippen LogP contribution in [0.1, 0.15) is 43.9 Å². The Morgan fingerprint density at radius 3 is 2.57 bits per heavy atom. The summed E-state index contributed by atoms with van der Waals surface area (Å²) in [5, 5.41) is 0. The summed E-state index contributed by atoms with van der Waals surface area (Å²) in [4.78, 5) is 0.